The third kappa shape index (κ3) is 1.20. The highest BCUT2D eigenvalue weighted by atomic mass is 16.6. The minimum absolute atomic E-state index is 0.0485. The number of ketones is 1. The summed E-state index contributed by atoms with van der Waals surface area (Å²) < 4.78 is 5.42. The van der Waals surface area contributed by atoms with E-state index in [2.05, 4.69) is 20.8 Å². The van der Waals surface area contributed by atoms with Gasteiger partial charge in [-0.15, -0.1) is 0 Å². The lowest BCUT2D eigenvalue weighted by Crippen LogP contribution is -2.54. The largest absolute Gasteiger partial charge is 0.381 e. The van der Waals surface area contributed by atoms with E-state index in [0.717, 1.165) is 19.3 Å². The molecule has 1 aliphatic heterocycles. The van der Waals surface area contributed by atoms with Gasteiger partial charge in [0, 0.05) is 5.41 Å². The SMILES string of the molecule is CC[C@H]1O[C@@H]1C(=O)[C@@]1(O)C[C@H]2CC[C@]1(C)C2(C)C. The summed E-state index contributed by atoms with van der Waals surface area (Å²) in [6.07, 6.45) is 3.29. The lowest BCUT2D eigenvalue weighted by Gasteiger charge is -2.44. The van der Waals surface area contributed by atoms with Gasteiger partial charge in [-0.1, -0.05) is 27.7 Å². The van der Waals surface area contributed by atoms with Gasteiger partial charge in [0.25, 0.3) is 0 Å². The molecule has 3 heteroatoms. The van der Waals surface area contributed by atoms with Crippen LogP contribution in [0.3, 0.4) is 0 Å². The van der Waals surface area contributed by atoms with Gasteiger partial charge >= 0.3 is 0 Å². The molecule has 3 fully saturated rings. The normalized spacial score (nSPS) is 52.6. The Morgan fingerprint density at radius 3 is 2.44 bits per heavy atom. The zero-order chi connectivity index (χ0) is 13.3. The smallest absolute Gasteiger partial charge is 0.196 e. The van der Waals surface area contributed by atoms with Crippen LogP contribution in [0, 0.1) is 16.7 Å². The molecule has 1 saturated heterocycles. The van der Waals surface area contributed by atoms with Crippen molar-refractivity contribution in [1.82, 2.24) is 0 Å². The number of carbonyl (C=O) groups excluding carboxylic acids is 1. The first-order chi connectivity index (χ1) is 8.28. The monoisotopic (exact) mass is 252 g/mol. The first-order valence-corrected chi connectivity index (χ1v) is 7.20. The van der Waals surface area contributed by atoms with Crippen molar-refractivity contribution in [3.63, 3.8) is 0 Å². The summed E-state index contributed by atoms with van der Waals surface area (Å²) >= 11 is 0. The van der Waals surface area contributed by atoms with Crippen LogP contribution in [-0.2, 0) is 9.53 Å². The fraction of sp³-hybridized carbons (Fsp3) is 0.933. The molecule has 0 unspecified atom stereocenters. The lowest BCUT2D eigenvalue weighted by atomic mass is 9.62. The topological polar surface area (TPSA) is 49.8 Å². The minimum atomic E-state index is -1.16. The fourth-order valence-corrected chi connectivity index (χ4v) is 4.57. The second-order valence-electron chi connectivity index (χ2n) is 7.22. The van der Waals surface area contributed by atoms with Gasteiger partial charge in [-0.2, -0.15) is 0 Å². The molecule has 18 heavy (non-hydrogen) atoms. The Hall–Kier alpha value is -0.410. The van der Waals surface area contributed by atoms with Crippen molar-refractivity contribution in [3.8, 4) is 0 Å². The maximum atomic E-state index is 12.6. The second-order valence-corrected chi connectivity index (χ2v) is 7.22. The molecule has 3 aliphatic rings. The van der Waals surface area contributed by atoms with Crippen LogP contribution >= 0.6 is 0 Å². The van der Waals surface area contributed by atoms with E-state index < -0.39 is 5.60 Å². The van der Waals surface area contributed by atoms with Crippen molar-refractivity contribution < 1.29 is 14.6 Å². The molecule has 2 aliphatic carbocycles. The third-order valence-corrected chi connectivity index (χ3v) is 6.54. The zero-order valence-corrected chi connectivity index (χ0v) is 11.8. The van der Waals surface area contributed by atoms with Crippen LogP contribution in [0.2, 0.25) is 0 Å². The molecule has 2 saturated carbocycles. The Kier molecular flexibility index (Phi) is 2.36. The summed E-state index contributed by atoms with van der Waals surface area (Å²) in [5, 5.41) is 11.0. The number of aliphatic hydroxyl groups is 1. The molecule has 1 N–H and O–H groups in total. The molecular weight excluding hydrogens is 228 g/mol. The van der Waals surface area contributed by atoms with E-state index in [1.54, 1.807) is 0 Å². The van der Waals surface area contributed by atoms with Gasteiger partial charge < -0.3 is 9.84 Å². The van der Waals surface area contributed by atoms with Crippen molar-refractivity contribution in [2.24, 2.45) is 16.7 Å². The van der Waals surface area contributed by atoms with Crippen LogP contribution in [-0.4, -0.2) is 28.7 Å². The standard InChI is InChI=1S/C15H24O3/c1-5-10-11(18-10)12(16)15(17)8-9-6-7-14(15,4)13(9,2)3/h9-11,17H,5-8H2,1-4H3/t9-,10-,11+,14-,15+/m1/s1. The highest BCUT2D eigenvalue weighted by Crippen LogP contribution is 2.70. The van der Waals surface area contributed by atoms with Gasteiger partial charge in [0.15, 0.2) is 5.78 Å². The number of Topliss-reactive ketones (excluding diaryl/α,β-unsaturated/α-hetero) is 1. The Balaban J connectivity index is 1.91. The molecule has 5 atom stereocenters. The number of hydrogen-bond donors (Lipinski definition) is 1. The maximum absolute atomic E-state index is 12.6. The van der Waals surface area contributed by atoms with E-state index in [9.17, 15) is 9.90 Å². The summed E-state index contributed by atoms with van der Waals surface area (Å²) in [5.74, 6) is 0.419. The molecule has 0 aromatic rings. The Bertz CT molecular complexity index is 403. The summed E-state index contributed by atoms with van der Waals surface area (Å²) in [6.45, 7) is 8.54. The highest BCUT2D eigenvalue weighted by Gasteiger charge is 2.73. The predicted molar refractivity (Wildman–Crippen MR) is 68.1 cm³/mol. The predicted octanol–water partition coefficient (Wildman–Crippen LogP) is 2.31. The van der Waals surface area contributed by atoms with Gasteiger partial charge in [-0.25, -0.2) is 0 Å². The number of carbonyl (C=O) groups is 1. The van der Waals surface area contributed by atoms with Crippen LogP contribution < -0.4 is 0 Å². The molecule has 0 amide bonds. The van der Waals surface area contributed by atoms with Gasteiger partial charge in [-0.05, 0) is 37.0 Å². The van der Waals surface area contributed by atoms with Crippen molar-refractivity contribution >= 4 is 5.78 Å². The molecule has 2 bridgehead atoms. The van der Waals surface area contributed by atoms with E-state index in [1.165, 1.54) is 0 Å². The van der Waals surface area contributed by atoms with E-state index in [4.69, 9.17) is 4.74 Å². The molecule has 1 heterocycles. The maximum Gasteiger partial charge on any atom is 0.196 e. The van der Waals surface area contributed by atoms with Gasteiger partial charge in [-0.3, -0.25) is 4.79 Å². The quantitative estimate of drug-likeness (QED) is 0.784. The summed E-state index contributed by atoms with van der Waals surface area (Å²) in [4.78, 5) is 12.6. The van der Waals surface area contributed by atoms with E-state index in [0.29, 0.717) is 12.3 Å². The summed E-state index contributed by atoms with van der Waals surface area (Å²) in [5.41, 5.74) is -1.39. The fourth-order valence-electron chi connectivity index (χ4n) is 4.57. The molecule has 3 nitrogen and oxygen atoms in total. The van der Waals surface area contributed by atoms with E-state index in [-0.39, 0.29) is 28.8 Å². The molecule has 0 radical (unpaired) electrons. The second kappa shape index (κ2) is 3.37. The highest BCUT2D eigenvalue weighted by molar-refractivity contribution is 5.95. The Morgan fingerprint density at radius 2 is 2.06 bits per heavy atom. The van der Waals surface area contributed by atoms with Crippen molar-refractivity contribution in [2.75, 3.05) is 0 Å². The van der Waals surface area contributed by atoms with Crippen LogP contribution in [0.1, 0.15) is 53.4 Å². The number of ether oxygens (including phenoxy) is 1. The molecule has 0 spiro atoms. The number of hydrogen-bond acceptors (Lipinski definition) is 3. The van der Waals surface area contributed by atoms with E-state index >= 15 is 0 Å². The van der Waals surface area contributed by atoms with Gasteiger partial charge in [0.1, 0.15) is 11.7 Å². The van der Waals surface area contributed by atoms with Gasteiger partial charge in [0.2, 0.25) is 0 Å². The number of epoxide rings is 1. The lowest BCUT2D eigenvalue weighted by molar-refractivity contribution is -0.156. The van der Waals surface area contributed by atoms with Crippen LogP contribution in [0.4, 0.5) is 0 Å². The molecule has 3 rings (SSSR count). The summed E-state index contributed by atoms with van der Waals surface area (Å²) in [6, 6.07) is 0. The van der Waals surface area contributed by atoms with Gasteiger partial charge in [0.05, 0.1) is 6.10 Å². The van der Waals surface area contributed by atoms with Crippen molar-refractivity contribution in [1.29, 1.82) is 0 Å². The average molecular weight is 252 g/mol. The van der Waals surface area contributed by atoms with Crippen molar-refractivity contribution in [3.05, 3.63) is 0 Å². The molecule has 102 valence electrons. The van der Waals surface area contributed by atoms with Crippen LogP contribution in [0.15, 0.2) is 0 Å². The van der Waals surface area contributed by atoms with Crippen LogP contribution in [0.25, 0.3) is 0 Å². The van der Waals surface area contributed by atoms with Crippen molar-refractivity contribution in [2.45, 2.75) is 71.2 Å². The average Bonchev–Trinajstić information content (AvgIpc) is 3.03. The van der Waals surface area contributed by atoms with Crippen LogP contribution in [0.5, 0.6) is 0 Å². The number of fused-ring (bicyclic) bond motifs is 2. The first-order valence-electron chi connectivity index (χ1n) is 7.20. The summed E-state index contributed by atoms with van der Waals surface area (Å²) in [7, 11) is 0. The first kappa shape index (κ1) is 12.6. The Labute approximate surface area is 109 Å². The Morgan fingerprint density at radius 1 is 1.39 bits per heavy atom. The molecular formula is C15H24O3. The number of rotatable bonds is 3. The van der Waals surface area contributed by atoms with E-state index in [1.807, 2.05) is 6.92 Å². The zero-order valence-electron chi connectivity index (χ0n) is 11.8. The minimum Gasteiger partial charge on any atom is -0.381 e. The third-order valence-electron chi connectivity index (χ3n) is 6.54. The molecule has 0 aromatic heterocycles. The molecule has 0 aromatic carbocycles.